The number of fused-ring (bicyclic) bond motifs is 1. The van der Waals surface area contributed by atoms with E-state index in [1.165, 1.54) is 10.7 Å². The van der Waals surface area contributed by atoms with Crippen LogP contribution in [0.25, 0.3) is 0 Å². The molecule has 3 aliphatic heterocycles. The third kappa shape index (κ3) is 3.89. The SMILES string of the molecule is CC1CCN(c2ccc(=O)n(CC(=O)N3CCc4cc(N5CCCC5=O)ccc43)n2)CC1. The number of nitrogens with zero attached hydrogens (tertiary/aromatic N) is 5. The quantitative estimate of drug-likeness (QED) is 0.736. The van der Waals surface area contributed by atoms with Crippen molar-refractivity contribution in [2.75, 3.05) is 40.9 Å². The minimum absolute atomic E-state index is 0.0806. The highest BCUT2D eigenvalue weighted by Crippen LogP contribution is 2.33. The largest absolute Gasteiger partial charge is 0.355 e. The normalized spacial score (nSPS) is 19.0. The van der Waals surface area contributed by atoms with Crippen molar-refractivity contribution in [3.05, 3.63) is 46.2 Å². The number of piperidine rings is 1. The maximum absolute atomic E-state index is 13.1. The van der Waals surface area contributed by atoms with Crippen molar-refractivity contribution in [2.45, 2.75) is 45.6 Å². The molecule has 5 rings (SSSR count). The van der Waals surface area contributed by atoms with Crippen LogP contribution < -0.4 is 20.3 Å². The van der Waals surface area contributed by atoms with Crippen LogP contribution in [0.3, 0.4) is 0 Å². The number of carbonyl (C=O) groups is 2. The lowest BCUT2D eigenvalue weighted by Gasteiger charge is -2.31. The lowest BCUT2D eigenvalue weighted by atomic mass is 9.99. The number of benzene rings is 1. The highest BCUT2D eigenvalue weighted by molar-refractivity contribution is 5.98. The summed E-state index contributed by atoms with van der Waals surface area (Å²) < 4.78 is 1.28. The zero-order valence-corrected chi connectivity index (χ0v) is 18.5. The molecule has 2 aromatic rings. The Kier molecular flexibility index (Phi) is 5.45. The number of hydrogen-bond donors (Lipinski definition) is 0. The van der Waals surface area contributed by atoms with Crippen LogP contribution in [0.1, 0.15) is 38.2 Å². The lowest BCUT2D eigenvalue weighted by molar-refractivity contribution is -0.119. The summed E-state index contributed by atoms with van der Waals surface area (Å²) in [6, 6.07) is 9.11. The second kappa shape index (κ2) is 8.41. The van der Waals surface area contributed by atoms with Gasteiger partial charge in [0.15, 0.2) is 0 Å². The van der Waals surface area contributed by atoms with Crippen molar-refractivity contribution < 1.29 is 9.59 Å². The van der Waals surface area contributed by atoms with Gasteiger partial charge in [0, 0.05) is 50.0 Å². The first-order valence-corrected chi connectivity index (χ1v) is 11.6. The standard InChI is InChI=1S/C24H29N5O3/c1-17-8-12-26(13-9-17)21-6-7-23(31)29(25-21)16-24(32)28-14-10-18-15-19(4-5-20(18)28)27-11-2-3-22(27)30/h4-7,15,17H,2-3,8-14,16H2,1H3. The average Bonchev–Trinajstić information content (AvgIpc) is 3.41. The van der Waals surface area contributed by atoms with Crippen molar-refractivity contribution in [1.29, 1.82) is 0 Å². The minimum atomic E-state index is -0.269. The number of aromatic nitrogens is 2. The molecule has 168 valence electrons. The van der Waals surface area contributed by atoms with E-state index in [0.29, 0.717) is 18.9 Å². The molecule has 0 N–H and O–H groups in total. The Bertz CT molecular complexity index is 1100. The predicted octanol–water partition coefficient (Wildman–Crippen LogP) is 2.20. The van der Waals surface area contributed by atoms with Gasteiger partial charge in [-0.2, -0.15) is 5.10 Å². The maximum atomic E-state index is 13.1. The van der Waals surface area contributed by atoms with Crippen LogP contribution in [-0.2, 0) is 22.6 Å². The summed E-state index contributed by atoms with van der Waals surface area (Å²) in [6.45, 7) is 5.33. The van der Waals surface area contributed by atoms with Gasteiger partial charge in [-0.05, 0) is 61.4 Å². The molecule has 32 heavy (non-hydrogen) atoms. The molecule has 0 radical (unpaired) electrons. The fourth-order valence-corrected chi connectivity index (χ4v) is 4.91. The second-order valence-corrected chi connectivity index (χ2v) is 9.11. The molecule has 4 heterocycles. The smallest absolute Gasteiger partial charge is 0.267 e. The molecule has 0 atom stereocenters. The van der Waals surface area contributed by atoms with Gasteiger partial charge in [-0.15, -0.1) is 0 Å². The summed E-state index contributed by atoms with van der Waals surface area (Å²) >= 11 is 0. The molecule has 0 aliphatic carbocycles. The van der Waals surface area contributed by atoms with Gasteiger partial charge in [-0.25, -0.2) is 4.68 Å². The van der Waals surface area contributed by atoms with Gasteiger partial charge in [-0.1, -0.05) is 6.92 Å². The molecular formula is C24H29N5O3. The highest BCUT2D eigenvalue weighted by atomic mass is 16.2. The molecule has 2 fully saturated rings. The minimum Gasteiger partial charge on any atom is -0.355 e. The number of carbonyl (C=O) groups excluding carboxylic acids is 2. The first-order chi connectivity index (χ1) is 15.5. The van der Waals surface area contributed by atoms with E-state index in [0.717, 1.165) is 68.1 Å². The average molecular weight is 436 g/mol. The zero-order chi connectivity index (χ0) is 22.2. The Morgan fingerprint density at radius 3 is 2.59 bits per heavy atom. The third-order valence-corrected chi connectivity index (χ3v) is 6.89. The highest BCUT2D eigenvalue weighted by Gasteiger charge is 2.28. The molecule has 3 aliphatic rings. The summed E-state index contributed by atoms with van der Waals surface area (Å²) in [5, 5.41) is 4.50. The van der Waals surface area contributed by atoms with E-state index in [2.05, 4.69) is 16.9 Å². The van der Waals surface area contributed by atoms with E-state index in [1.54, 1.807) is 11.0 Å². The van der Waals surface area contributed by atoms with Gasteiger partial charge >= 0.3 is 0 Å². The Hall–Kier alpha value is -3.16. The molecular weight excluding hydrogens is 406 g/mol. The van der Waals surface area contributed by atoms with Crippen LogP contribution in [-0.4, -0.2) is 47.8 Å². The molecule has 0 spiro atoms. The summed E-state index contributed by atoms with van der Waals surface area (Å²) in [5.41, 5.74) is 2.56. The molecule has 0 unspecified atom stereocenters. The van der Waals surface area contributed by atoms with E-state index in [4.69, 9.17) is 0 Å². The monoisotopic (exact) mass is 435 g/mol. The fraction of sp³-hybridized carbons (Fsp3) is 0.500. The molecule has 1 aromatic carbocycles. The van der Waals surface area contributed by atoms with Crippen molar-refractivity contribution >= 4 is 29.0 Å². The third-order valence-electron chi connectivity index (χ3n) is 6.89. The Labute approximate surface area is 187 Å². The fourth-order valence-electron chi connectivity index (χ4n) is 4.91. The van der Waals surface area contributed by atoms with Crippen molar-refractivity contribution in [2.24, 2.45) is 5.92 Å². The molecule has 2 amide bonds. The van der Waals surface area contributed by atoms with Crippen molar-refractivity contribution in [3.63, 3.8) is 0 Å². The molecule has 8 nitrogen and oxygen atoms in total. The first kappa shape index (κ1) is 20.7. The molecule has 8 heteroatoms. The zero-order valence-electron chi connectivity index (χ0n) is 18.5. The van der Waals surface area contributed by atoms with E-state index >= 15 is 0 Å². The topological polar surface area (TPSA) is 78.8 Å². The van der Waals surface area contributed by atoms with Crippen LogP contribution in [0.15, 0.2) is 35.1 Å². The predicted molar refractivity (Wildman–Crippen MR) is 123 cm³/mol. The van der Waals surface area contributed by atoms with Crippen LogP contribution in [0.5, 0.6) is 0 Å². The second-order valence-electron chi connectivity index (χ2n) is 9.11. The summed E-state index contributed by atoms with van der Waals surface area (Å²) in [4.78, 5) is 43.3. The van der Waals surface area contributed by atoms with Crippen LogP contribution in [0.4, 0.5) is 17.2 Å². The molecule has 0 bridgehead atoms. The van der Waals surface area contributed by atoms with E-state index in [1.807, 2.05) is 23.1 Å². The van der Waals surface area contributed by atoms with E-state index in [-0.39, 0.29) is 23.9 Å². The Morgan fingerprint density at radius 1 is 1.03 bits per heavy atom. The van der Waals surface area contributed by atoms with Gasteiger partial charge < -0.3 is 14.7 Å². The molecule has 0 saturated carbocycles. The van der Waals surface area contributed by atoms with Gasteiger partial charge in [0.1, 0.15) is 12.4 Å². The van der Waals surface area contributed by atoms with Gasteiger partial charge in [0.25, 0.3) is 5.56 Å². The number of hydrogen-bond acceptors (Lipinski definition) is 5. The number of rotatable bonds is 4. The summed E-state index contributed by atoms with van der Waals surface area (Å²) in [5.74, 6) is 1.47. The molecule has 1 aromatic heterocycles. The summed E-state index contributed by atoms with van der Waals surface area (Å²) in [7, 11) is 0. The van der Waals surface area contributed by atoms with Crippen LogP contribution in [0, 0.1) is 5.92 Å². The van der Waals surface area contributed by atoms with Crippen LogP contribution >= 0.6 is 0 Å². The Morgan fingerprint density at radius 2 is 1.84 bits per heavy atom. The van der Waals surface area contributed by atoms with Crippen molar-refractivity contribution in [1.82, 2.24) is 9.78 Å². The summed E-state index contributed by atoms with van der Waals surface area (Å²) in [6.07, 6.45) is 4.44. The number of anilines is 3. The van der Waals surface area contributed by atoms with Gasteiger partial charge in [0.2, 0.25) is 11.8 Å². The molecule has 2 saturated heterocycles. The van der Waals surface area contributed by atoms with Gasteiger partial charge in [0.05, 0.1) is 0 Å². The maximum Gasteiger partial charge on any atom is 0.267 e. The lowest BCUT2D eigenvalue weighted by Crippen LogP contribution is -2.38. The number of amides is 2. The van der Waals surface area contributed by atoms with Gasteiger partial charge in [-0.3, -0.25) is 14.4 Å². The Balaban J connectivity index is 1.32. The van der Waals surface area contributed by atoms with Crippen molar-refractivity contribution in [3.8, 4) is 0 Å². The first-order valence-electron chi connectivity index (χ1n) is 11.6. The van der Waals surface area contributed by atoms with E-state index in [9.17, 15) is 14.4 Å². The van der Waals surface area contributed by atoms with E-state index < -0.39 is 0 Å². The van der Waals surface area contributed by atoms with Crippen LogP contribution in [0.2, 0.25) is 0 Å².